The number of unbranched alkanes of at least 4 members (excludes halogenated alkanes) is 1. The molecule has 1 N–H and O–H groups in total. The van der Waals surface area contributed by atoms with Crippen LogP contribution >= 0.6 is 0 Å². The average molecular weight is 386 g/mol. The predicted molar refractivity (Wildman–Crippen MR) is 111 cm³/mol. The first kappa shape index (κ1) is 21.7. The second-order valence-electron chi connectivity index (χ2n) is 7.52. The molecule has 0 fully saturated rings. The summed E-state index contributed by atoms with van der Waals surface area (Å²) in [6, 6.07) is 13.1. The molecule has 0 saturated carbocycles. The fourth-order valence-electron chi connectivity index (χ4n) is 2.74. The lowest BCUT2D eigenvalue weighted by Crippen LogP contribution is -2.45. The Morgan fingerprint density at radius 3 is 2.43 bits per heavy atom. The van der Waals surface area contributed by atoms with Crippen molar-refractivity contribution in [3.05, 3.63) is 42.5 Å². The van der Waals surface area contributed by atoms with Crippen LogP contribution in [0, 0.1) is 0 Å². The van der Waals surface area contributed by atoms with Crippen LogP contribution in [0.4, 0.5) is 10.6 Å². The van der Waals surface area contributed by atoms with E-state index in [4.69, 9.17) is 9.47 Å². The summed E-state index contributed by atoms with van der Waals surface area (Å²) in [6.07, 6.45) is 1.06. The Hall–Kier alpha value is -2.60. The van der Waals surface area contributed by atoms with E-state index in [9.17, 15) is 9.90 Å². The summed E-state index contributed by atoms with van der Waals surface area (Å²) in [4.78, 5) is 17.7. The van der Waals surface area contributed by atoms with E-state index in [2.05, 4.69) is 11.9 Å². The van der Waals surface area contributed by atoms with Gasteiger partial charge in [-0.05, 0) is 27.2 Å². The first-order valence-electron chi connectivity index (χ1n) is 9.64. The molecule has 0 radical (unpaired) electrons. The molecular weight excluding hydrogens is 356 g/mol. The van der Waals surface area contributed by atoms with Crippen LogP contribution in [0.15, 0.2) is 42.5 Å². The van der Waals surface area contributed by atoms with Crippen molar-refractivity contribution in [2.45, 2.75) is 46.1 Å². The van der Waals surface area contributed by atoms with Crippen LogP contribution in [0.2, 0.25) is 0 Å². The third-order valence-corrected chi connectivity index (χ3v) is 4.08. The maximum Gasteiger partial charge on any atom is 0.413 e. The molecule has 0 aliphatic rings. The largest absolute Gasteiger partial charge is 0.491 e. The molecule has 152 valence electrons. The SMILES string of the molecule is CCCCOCCOc1cc(-c2ccccc2)nc(N(C(=O)O)C(C)(C)C)c1. The molecule has 0 atom stereocenters. The molecule has 28 heavy (non-hydrogen) atoms. The molecular formula is C22H30N2O4. The third kappa shape index (κ3) is 6.23. The number of amides is 1. The van der Waals surface area contributed by atoms with Crippen molar-refractivity contribution in [3.63, 3.8) is 0 Å². The van der Waals surface area contributed by atoms with Gasteiger partial charge in [0.25, 0.3) is 0 Å². The highest BCUT2D eigenvalue weighted by Gasteiger charge is 2.29. The highest BCUT2D eigenvalue weighted by Crippen LogP contribution is 2.30. The molecule has 0 aliphatic heterocycles. The quantitative estimate of drug-likeness (QED) is 0.598. The number of aromatic nitrogens is 1. The van der Waals surface area contributed by atoms with Crippen molar-refractivity contribution in [1.82, 2.24) is 4.98 Å². The van der Waals surface area contributed by atoms with Crippen molar-refractivity contribution in [2.75, 3.05) is 24.7 Å². The summed E-state index contributed by atoms with van der Waals surface area (Å²) in [7, 11) is 0. The number of ether oxygens (including phenoxy) is 2. The van der Waals surface area contributed by atoms with Crippen LogP contribution in [0.3, 0.4) is 0 Å². The zero-order valence-corrected chi connectivity index (χ0v) is 17.1. The van der Waals surface area contributed by atoms with Gasteiger partial charge in [0.05, 0.1) is 12.3 Å². The molecule has 6 heteroatoms. The molecule has 0 unspecified atom stereocenters. The van der Waals surface area contributed by atoms with E-state index in [0.29, 0.717) is 37.1 Å². The Balaban J connectivity index is 2.30. The first-order valence-corrected chi connectivity index (χ1v) is 9.64. The number of carboxylic acid groups (broad SMARTS) is 1. The van der Waals surface area contributed by atoms with Gasteiger partial charge in [-0.15, -0.1) is 0 Å². The van der Waals surface area contributed by atoms with Gasteiger partial charge >= 0.3 is 6.09 Å². The van der Waals surface area contributed by atoms with Crippen molar-refractivity contribution < 1.29 is 19.4 Å². The monoisotopic (exact) mass is 386 g/mol. The van der Waals surface area contributed by atoms with Crippen molar-refractivity contribution in [2.24, 2.45) is 0 Å². The van der Waals surface area contributed by atoms with Gasteiger partial charge in [0.15, 0.2) is 0 Å². The maximum atomic E-state index is 11.9. The first-order chi connectivity index (χ1) is 13.3. The minimum atomic E-state index is -1.06. The number of hydrogen-bond acceptors (Lipinski definition) is 4. The molecule has 0 bridgehead atoms. The fourth-order valence-corrected chi connectivity index (χ4v) is 2.74. The van der Waals surface area contributed by atoms with Gasteiger partial charge in [-0.3, -0.25) is 4.90 Å². The predicted octanol–water partition coefficient (Wildman–Crippen LogP) is 5.23. The summed E-state index contributed by atoms with van der Waals surface area (Å²) in [6.45, 7) is 9.21. The minimum absolute atomic E-state index is 0.336. The normalized spacial score (nSPS) is 11.3. The molecule has 2 aromatic rings. The minimum Gasteiger partial charge on any atom is -0.491 e. The number of carbonyl (C=O) groups is 1. The van der Waals surface area contributed by atoms with Gasteiger partial charge in [-0.2, -0.15) is 0 Å². The Bertz CT molecular complexity index is 757. The molecule has 1 aromatic heterocycles. The number of anilines is 1. The zero-order valence-electron chi connectivity index (χ0n) is 17.1. The van der Waals surface area contributed by atoms with Crippen molar-refractivity contribution in [3.8, 4) is 17.0 Å². The number of rotatable bonds is 9. The molecule has 0 aliphatic carbocycles. The van der Waals surface area contributed by atoms with Crippen molar-refractivity contribution >= 4 is 11.9 Å². The Labute approximate surface area is 167 Å². The molecule has 1 aromatic carbocycles. The lowest BCUT2D eigenvalue weighted by atomic mass is 10.1. The van der Waals surface area contributed by atoms with Gasteiger partial charge < -0.3 is 14.6 Å². The topological polar surface area (TPSA) is 71.9 Å². The van der Waals surface area contributed by atoms with Crippen LogP contribution in [0.5, 0.6) is 5.75 Å². The van der Waals surface area contributed by atoms with Crippen LogP contribution in [0.25, 0.3) is 11.3 Å². The van der Waals surface area contributed by atoms with E-state index >= 15 is 0 Å². The van der Waals surface area contributed by atoms with Gasteiger partial charge in [0, 0.05) is 29.8 Å². The molecule has 0 saturated heterocycles. The van der Waals surface area contributed by atoms with E-state index < -0.39 is 11.6 Å². The lowest BCUT2D eigenvalue weighted by molar-refractivity contribution is 0.0980. The van der Waals surface area contributed by atoms with Gasteiger partial charge in [-0.25, -0.2) is 9.78 Å². The summed E-state index contributed by atoms with van der Waals surface area (Å²) in [5.41, 5.74) is 0.914. The van der Waals surface area contributed by atoms with E-state index in [-0.39, 0.29) is 0 Å². The van der Waals surface area contributed by atoms with Crippen molar-refractivity contribution in [1.29, 1.82) is 0 Å². The smallest absolute Gasteiger partial charge is 0.413 e. The number of nitrogens with zero attached hydrogens (tertiary/aromatic N) is 2. The highest BCUT2D eigenvalue weighted by atomic mass is 16.5. The van der Waals surface area contributed by atoms with Crippen LogP contribution in [-0.4, -0.2) is 41.5 Å². The fraction of sp³-hybridized carbons (Fsp3) is 0.455. The second-order valence-corrected chi connectivity index (χ2v) is 7.52. The standard InChI is InChI=1S/C22H30N2O4/c1-5-6-12-27-13-14-28-18-15-19(17-10-8-7-9-11-17)23-20(16-18)24(21(25)26)22(2,3)4/h7-11,15-16H,5-6,12-14H2,1-4H3,(H,25,26). The van der Waals surface area contributed by atoms with E-state index in [1.807, 2.05) is 57.2 Å². The highest BCUT2D eigenvalue weighted by molar-refractivity contribution is 5.87. The Morgan fingerprint density at radius 2 is 1.82 bits per heavy atom. The molecule has 1 amide bonds. The Kier molecular flexibility index (Phi) is 7.81. The average Bonchev–Trinajstić information content (AvgIpc) is 2.63. The number of hydrogen-bond donors (Lipinski definition) is 1. The van der Waals surface area contributed by atoms with E-state index in [1.165, 1.54) is 4.90 Å². The number of pyridine rings is 1. The summed E-state index contributed by atoms with van der Waals surface area (Å²) >= 11 is 0. The molecule has 0 spiro atoms. The van der Waals surface area contributed by atoms with Crippen LogP contribution in [0.1, 0.15) is 40.5 Å². The van der Waals surface area contributed by atoms with Crippen LogP contribution < -0.4 is 9.64 Å². The van der Waals surface area contributed by atoms with Gasteiger partial charge in [0.1, 0.15) is 18.2 Å². The molecule has 1 heterocycles. The van der Waals surface area contributed by atoms with Gasteiger partial charge in [-0.1, -0.05) is 43.7 Å². The summed E-state index contributed by atoms with van der Waals surface area (Å²) in [5.74, 6) is 0.904. The number of benzene rings is 1. The molecule has 2 rings (SSSR count). The maximum absolute atomic E-state index is 11.9. The van der Waals surface area contributed by atoms with Gasteiger partial charge in [0.2, 0.25) is 0 Å². The lowest BCUT2D eigenvalue weighted by Gasteiger charge is -2.32. The van der Waals surface area contributed by atoms with E-state index in [0.717, 1.165) is 18.4 Å². The Morgan fingerprint density at radius 1 is 1.11 bits per heavy atom. The zero-order chi connectivity index (χ0) is 20.6. The van der Waals surface area contributed by atoms with E-state index in [1.54, 1.807) is 6.07 Å². The van der Waals surface area contributed by atoms with Crippen LogP contribution in [-0.2, 0) is 4.74 Å². The summed E-state index contributed by atoms with van der Waals surface area (Å²) in [5, 5.41) is 9.74. The summed E-state index contributed by atoms with van der Waals surface area (Å²) < 4.78 is 11.4. The third-order valence-electron chi connectivity index (χ3n) is 4.08. The second kappa shape index (κ2) is 10.1. The molecule has 6 nitrogen and oxygen atoms in total.